The minimum absolute atomic E-state index is 0.00842. The molecular weight excluding hydrogens is 612 g/mol. The first kappa shape index (κ1) is 30.3. The molecule has 222 valence electrons. The van der Waals surface area contributed by atoms with E-state index < -0.39 is 27.7 Å². The van der Waals surface area contributed by atoms with E-state index in [9.17, 15) is 18.0 Å². The highest BCUT2D eigenvalue weighted by Gasteiger charge is 2.33. The lowest BCUT2D eigenvalue weighted by Gasteiger charge is -2.24. The third kappa shape index (κ3) is 6.15. The van der Waals surface area contributed by atoms with Crippen LogP contribution in [0.2, 0.25) is 5.02 Å². The zero-order valence-electron chi connectivity index (χ0n) is 23.7. The number of hydrogen-bond donors (Lipinski definition) is 0. The smallest absolute Gasteiger partial charge is 0.339 e. The molecule has 4 aromatic rings. The number of halogens is 1. The number of aromatic nitrogens is 1. The van der Waals surface area contributed by atoms with Crippen molar-refractivity contribution in [1.82, 2.24) is 4.57 Å². The molecule has 0 aliphatic carbocycles. The summed E-state index contributed by atoms with van der Waals surface area (Å²) in [5, 5.41) is 0.315. The van der Waals surface area contributed by atoms with Gasteiger partial charge in [0, 0.05) is 10.6 Å². The summed E-state index contributed by atoms with van der Waals surface area (Å²) in [5.41, 5.74) is 2.05. The van der Waals surface area contributed by atoms with Gasteiger partial charge in [0.05, 0.1) is 35.6 Å². The van der Waals surface area contributed by atoms with Gasteiger partial charge < -0.3 is 13.7 Å². The van der Waals surface area contributed by atoms with Crippen molar-refractivity contribution in [3.05, 3.63) is 119 Å². The Kier molecular flexibility index (Phi) is 8.59. The number of ether oxygens (including phenoxy) is 2. The van der Waals surface area contributed by atoms with Crippen molar-refractivity contribution in [1.29, 1.82) is 0 Å². The van der Waals surface area contributed by atoms with Gasteiger partial charge in [0.15, 0.2) is 4.80 Å². The summed E-state index contributed by atoms with van der Waals surface area (Å²) in [6.07, 6.45) is 1.50. The second-order valence-electron chi connectivity index (χ2n) is 9.61. The Morgan fingerprint density at radius 3 is 2.42 bits per heavy atom. The fourth-order valence-corrected chi connectivity index (χ4v) is 6.79. The van der Waals surface area contributed by atoms with Crippen LogP contribution < -0.4 is 23.8 Å². The summed E-state index contributed by atoms with van der Waals surface area (Å²) in [4.78, 5) is 32.0. The average molecular weight is 639 g/mol. The molecule has 0 fully saturated rings. The first-order valence-corrected chi connectivity index (χ1v) is 15.8. The maximum absolute atomic E-state index is 14.0. The van der Waals surface area contributed by atoms with E-state index in [1.54, 1.807) is 57.4 Å². The number of esters is 1. The quantitative estimate of drug-likeness (QED) is 0.206. The van der Waals surface area contributed by atoms with Gasteiger partial charge in [0.25, 0.3) is 5.56 Å². The third-order valence-corrected chi connectivity index (χ3v) is 9.18. The standard InChI is InChI=1S/C31H27ClN2O7S2/c1-5-40-30(36)27-19(3)33-31-34(28(27)20-8-11-23(39-4)12-9-20)29(35)26(42-31)17-21-16-22(32)10-15-25(21)41-43(37,38)24-13-6-18(2)7-14-24/h6-17,28H,5H2,1-4H3/t28-/m0/s1. The zero-order chi connectivity index (χ0) is 30.9. The van der Waals surface area contributed by atoms with Crippen molar-refractivity contribution in [2.45, 2.75) is 31.7 Å². The van der Waals surface area contributed by atoms with E-state index in [-0.39, 0.29) is 32.9 Å². The molecule has 0 saturated heterocycles. The van der Waals surface area contributed by atoms with Crippen LogP contribution >= 0.6 is 22.9 Å². The first-order chi connectivity index (χ1) is 20.5. The normalized spacial score (nSPS) is 15.1. The molecule has 2 heterocycles. The molecule has 12 heteroatoms. The minimum Gasteiger partial charge on any atom is -0.497 e. The number of carbonyl (C=O) groups is 1. The van der Waals surface area contributed by atoms with Crippen molar-refractivity contribution < 1.29 is 26.9 Å². The Morgan fingerprint density at radius 1 is 1.07 bits per heavy atom. The highest BCUT2D eigenvalue weighted by Crippen LogP contribution is 2.32. The average Bonchev–Trinajstić information content (AvgIpc) is 3.28. The van der Waals surface area contributed by atoms with Gasteiger partial charge >= 0.3 is 16.1 Å². The van der Waals surface area contributed by atoms with E-state index in [1.807, 2.05) is 6.92 Å². The molecule has 0 N–H and O–H groups in total. The monoisotopic (exact) mass is 638 g/mol. The number of aryl methyl sites for hydroxylation is 1. The maximum atomic E-state index is 14.0. The van der Waals surface area contributed by atoms with Gasteiger partial charge in [0.1, 0.15) is 16.4 Å². The van der Waals surface area contributed by atoms with E-state index in [0.29, 0.717) is 26.8 Å². The molecule has 43 heavy (non-hydrogen) atoms. The summed E-state index contributed by atoms with van der Waals surface area (Å²) in [7, 11) is -2.63. The Hall–Kier alpha value is -4.19. The fourth-order valence-electron chi connectivity index (χ4n) is 4.61. The summed E-state index contributed by atoms with van der Waals surface area (Å²) >= 11 is 7.36. The number of methoxy groups -OCH3 is 1. The predicted octanol–water partition coefficient (Wildman–Crippen LogP) is 4.54. The predicted molar refractivity (Wildman–Crippen MR) is 164 cm³/mol. The summed E-state index contributed by atoms with van der Waals surface area (Å²) < 4.78 is 43.9. The summed E-state index contributed by atoms with van der Waals surface area (Å²) in [6.45, 7) is 5.40. The van der Waals surface area contributed by atoms with Gasteiger partial charge in [-0.2, -0.15) is 8.42 Å². The number of hydrogen-bond acceptors (Lipinski definition) is 9. The lowest BCUT2D eigenvalue weighted by Crippen LogP contribution is -2.39. The van der Waals surface area contributed by atoms with E-state index in [1.165, 1.54) is 41.0 Å². The van der Waals surface area contributed by atoms with Gasteiger partial charge in [-0.25, -0.2) is 9.79 Å². The SMILES string of the molecule is CCOC(=O)C1=C(C)N=c2sc(=Cc3cc(Cl)ccc3OS(=O)(=O)c3ccc(C)cc3)c(=O)n2[C@H]1c1ccc(OC)cc1. The van der Waals surface area contributed by atoms with Crippen LogP contribution in [0.5, 0.6) is 11.5 Å². The molecule has 5 rings (SSSR count). The molecule has 0 unspecified atom stereocenters. The van der Waals surface area contributed by atoms with Crippen molar-refractivity contribution in [3.8, 4) is 11.5 Å². The van der Waals surface area contributed by atoms with E-state index in [4.69, 9.17) is 25.3 Å². The molecule has 0 radical (unpaired) electrons. The van der Waals surface area contributed by atoms with Gasteiger partial charge in [-0.1, -0.05) is 52.8 Å². The highest BCUT2D eigenvalue weighted by molar-refractivity contribution is 7.87. The number of rotatable bonds is 8. The molecular formula is C31H27ClN2O7S2. The van der Waals surface area contributed by atoms with Crippen LogP contribution in [0.25, 0.3) is 6.08 Å². The number of fused-ring (bicyclic) bond motifs is 1. The van der Waals surface area contributed by atoms with E-state index >= 15 is 0 Å². The van der Waals surface area contributed by atoms with Crippen molar-refractivity contribution in [2.24, 2.45) is 4.99 Å². The Labute approximate surface area is 257 Å². The molecule has 1 aromatic heterocycles. The van der Waals surface area contributed by atoms with Crippen LogP contribution in [-0.4, -0.2) is 32.7 Å². The lowest BCUT2D eigenvalue weighted by atomic mass is 9.96. The maximum Gasteiger partial charge on any atom is 0.339 e. The van der Waals surface area contributed by atoms with Crippen molar-refractivity contribution in [2.75, 3.05) is 13.7 Å². The van der Waals surface area contributed by atoms with Crippen LogP contribution in [0.4, 0.5) is 0 Å². The zero-order valence-corrected chi connectivity index (χ0v) is 26.0. The van der Waals surface area contributed by atoms with E-state index in [0.717, 1.165) is 16.9 Å². The third-order valence-electron chi connectivity index (χ3n) is 6.72. The second kappa shape index (κ2) is 12.2. The van der Waals surface area contributed by atoms with Gasteiger partial charge in [0.2, 0.25) is 0 Å². The van der Waals surface area contributed by atoms with Crippen LogP contribution in [0.15, 0.2) is 92.7 Å². The Balaban J connectivity index is 1.65. The lowest BCUT2D eigenvalue weighted by molar-refractivity contribution is -0.139. The molecule has 1 atom stereocenters. The number of benzene rings is 3. The summed E-state index contributed by atoms with van der Waals surface area (Å²) in [5.74, 6) is 0.0280. The second-order valence-corrected chi connectivity index (χ2v) is 12.6. The van der Waals surface area contributed by atoms with Gasteiger partial charge in [-0.3, -0.25) is 9.36 Å². The van der Waals surface area contributed by atoms with Gasteiger partial charge in [-0.05, 0) is 74.9 Å². The van der Waals surface area contributed by atoms with Crippen LogP contribution in [-0.2, 0) is 19.6 Å². The van der Waals surface area contributed by atoms with E-state index in [2.05, 4.69) is 4.99 Å². The number of nitrogens with zero attached hydrogens (tertiary/aromatic N) is 2. The number of carbonyl (C=O) groups excluding carboxylic acids is 1. The molecule has 1 aliphatic rings. The number of allylic oxidation sites excluding steroid dienone is 1. The molecule has 1 aliphatic heterocycles. The van der Waals surface area contributed by atoms with Crippen molar-refractivity contribution in [3.63, 3.8) is 0 Å². The van der Waals surface area contributed by atoms with Crippen molar-refractivity contribution >= 4 is 45.1 Å². The molecule has 0 amide bonds. The van der Waals surface area contributed by atoms with Crippen LogP contribution in [0.3, 0.4) is 0 Å². The molecule has 9 nitrogen and oxygen atoms in total. The minimum atomic E-state index is -4.18. The van der Waals surface area contributed by atoms with Crippen LogP contribution in [0.1, 0.15) is 36.6 Å². The van der Waals surface area contributed by atoms with Crippen LogP contribution in [0, 0.1) is 6.92 Å². The first-order valence-electron chi connectivity index (χ1n) is 13.2. The highest BCUT2D eigenvalue weighted by atomic mass is 35.5. The van der Waals surface area contributed by atoms with Gasteiger partial charge in [-0.15, -0.1) is 0 Å². The topological polar surface area (TPSA) is 113 Å². The molecule has 0 saturated carbocycles. The largest absolute Gasteiger partial charge is 0.497 e. The number of thiazole rings is 1. The molecule has 0 bridgehead atoms. The summed E-state index contributed by atoms with van der Waals surface area (Å²) in [6, 6.07) is 16.9. The molecule has 3 aromatic carbocycles. The molecule has 0 spiro atoms. The Bertz CT molecular complexity index is 2030. The Morgan fingerprint density at radius 2 is 1.77 bits per heavy atom. The fraction of sp³-hybridized carbons (Fsp3) is 0.194.